The summed E-state index contributed by atoms with van der Waals surface area (Å²) in [5, 5.41) is 43.5. The van der Waals surface area contributed by atoms with Gasteiger partial charge in [0.25, 0.3) is 0 Å². The molecule has 47 heavy (non-hydrogen) atoms. The summed E-state index contributed by atoms with van der Waals surface area (Å²) in [4.78, 5) is 12.5. The third-order valence-corrected chi connectivity index (χ3v) is 9.39. The average molecular weight is 666 g/mol. The monoisotopic (exact) mass is 666 g/mol. The van der Waals surface area contributed by atoms with Gasteiger partial charge >= 0.3 is 0 Å². The molecule has 278 valence electrons. The second-order valence-electron chi connectivity index (χ2n) is 14.0. The second kappa shape index (κ2) is 36.1. The van der Waals surface area contributed by atoms with Gasteiger partial charge in [-0.25, -0.2) is 0 Å². The molecule has 0 aromatic heterocycles. The van der Waals surface area contributed by atoms with Gasteiger partial charge in [0.1, 0.15) is 12.2 Å². The number of carbonyl (C=O) groups excluding carboxylic acids is 1. The Morgan fingerprint density at radius 1 is 0.511 bits per heavy atom. The number of hydrogen-bond donors (Lipinski definition) is 5. The van der Waals surface area contributed by atoms with Crippen molar-refractivity contribution in [3.8, 4) is 0 Å². The Morgan fingerprint density at radius 2 is 0.894 bits per heavy atom. The molecule has 0 bridgehead atoms. The smallest absolute Gasteiger partial charge is 0.249 e. The third-order valence-electron chi connectivity index (χ3n) is 9.39. The zero-order valence-corrected chi connectivity index (χ0v) is 31.0. The molecule has 6 nitrogen and oxygen atoms in total. The van der Waals surface area contributed by atoms with E-state index in [0.29, 0.717) is 19.3 Å². The van der Waals surface area contributed by atoms with Crippen molar-refractivity contribution in [1.29, 1.82) is 0 Å². The Hall–Kier alpha value is -1.21. The molecule has 1 amide bonds. The van der Waals surface area contributed by atoms with E-state index in [4.69, 9.17) is 0 Å². The Morgan fingerprint density at radius 3 is 1.34 bits per heavy atom. The van der Waals surface area contributed by atoms with Crippen molar-refractivity contribution in [2.75, 3.05) is 6.61 Å². The summed E-state index contributed by atoms with van der Waals surface area (Å²) in [6, 6.07) is -1.00. The highest BCUT2D eigenvalue weighted by Gasteiger charge is 2.28. The number of allylic oxidation sites excluding steroid dienone is 4. The molecule has 0 radical (unpaired) electrons. The molecule has 0 fully saturated rings. The van der Waals surface area contributed by atoms with Gasteiger partial charge in [-0.1, -0.05) is 173 Å². The van der Waals surface area contributed by atoms with E-state index in [1.165, 1.54) is 128 Å². The van der Waals surface area contributed by atoms with Gasteiger partial charge in [-0.15, -0.1) is 0 Å². The van der Waals surface area contributed by atoms with Crippen LogP contribution in [0.25, 0.3) is 0 Å². The first-order valence-electron chi connectivity index (χ1n) is 20.2. The van der Waals surface area contributed by atoms with Crippen LogP contribution in [-0.4, -0.2) is 57.3 Å². The van der Waals surface area contributed by atoms with Crippen LogP contribution in [0.2, 0.25) is 0 Å². The first-order chi connectivity index (χ1) is 23.0. The zero-order chi connectivity index (χ0) is 34.6. The van der Waals surface area contributed by atoms with Crippen LogP contribution in [0.3, 0.4) is 0 Å². The highest BCUT2D eigenvalue weighted by Crippen LogP contribution is 2.15. The number of amides is 1. The van der Waals surface area contributed by atoms with E-state index in [0.717, 1.165) is 38.5 Å². The lowest BCUT2D eigenvalue weighted by Crippen LogP contribution is -2.53. The molecule has 0 aromatic carbocycles. The molecule has 5 N–H and O–H groups in total. The number of aliphatic hydroxyl groups excluding tert-OH is 4. The predicted octanol–water partition coefficient (Wildman–Crippen LogP) is 10.0. The Labute approximate surface area is 291 Å². The van der Waals surface area contributed by atoms with Gasteiger partial charge in [-0.05, 0) is 51.4 Å². The van der Waals surface area contributed by atoms with E-state index in [2.05, 4.69) is 43.5 Å². The zero-order valence-electron chi connectivity index (χ0n) is 31.0. The van der Waals surface area contributed by atoms with E-state index in [1.54, 1.807) is 0 Å². The minimum absolute atomic E-state index is 0.363. The lowest BCUT2D eigenvalue weighted by molar-refractivity contribution is -0.132. The quantitative estimate of drug-likeness (QED) is 0.0338. The second-order valence-corrected chi connectivity index (χ2v) is 14.0. The van der Waals surface area contributed by atoms with Gasteiger partial charge in [-0.2, -0.15) is 0 Å². The molecule has 4 unspecified atom stereocenters. The predicted molar refractivity (Wildman–Crippen MR) is 201 cm³/mol. The van der Waals surface area contributed by atoms with Gasteiger partial charge < -0.3 is 25.7 Å². The summed E-state index contributed by atoms with van der Waals surface area (Å²) < 4.78 is 0. The molecular formula is C41H79NO5. The average Bonchev–Trinajstić information content (AvgIpc) is 3.07. The van der Waals surface area contributed by atoms with E-state index >= 15 is 0 Å². The fourth-order valence-corrected chi connectivity index (χ4v) is 6.12. The Bertz CT molecular complexity index is 712. The van der Waals surface area contributed by atoms with Crippen LogP contribution in [0.1, 0.15) is 200 Å². The van der Waals surface area contributed by atoms with Crippen LogP contribution in [-0.2, 0) is 4.79 Å². The van der Waals surface area contributed by atoms with Crippen molar-refractivity contribution in [2.24, 2.45) is 0 Å². The Kier molecular flexibility index (Phi) is 35.2. The molecule has 4 atom stereocenters. The maximum atomic E-state index is 12.5. The first kappa shape index (κ1) is 45.8. The van der Waals surface area contributed by atoms with Gasteiger partial charge in [-0.3, -0.25) is 4.79 Å². The topological polar surface area (TPSA) is 110 Å². The number of nitrogens with one attached hydrogen (secondary N) is 1. The van der Waals surface area contributed by atoms with E-state index in [1.807, 2.05) is 0 Å². The van der Waals surface area contributed by atoms with Crippen LogP contribution in [0.5, 0.6) is 0 Å². The fourth-order valence-electron chi connectivity index (χ4n) is 6.12. The summed E-state index contributed by atoms with van der Waals surface area (Å²) >= 11 is 0. The maximum Gasteiger partial charge on any atom is 0.249 e. The standard InChI is InChI=1S/C41H79NO5/c1-3-5-7-9-11-13-15-17-19-21-22-24-26-28-30-32-34-38(44)40(46)37(36-43)42-41(47)39(45)35-33-31-29-27-25-23-20-18-16-14-12-10-8-6-4-2/h19,21,26,28,37-40,43-46H,3-18,20,22-25,27,29-36H2,1-2H3,(H,42,47)/b21-19+,28-26+. The molecule has 0 spiro atoms. The molecule has 0 rings (SSSR count). The summed E-state index contributed by atoms with van der Waals surface area (Å²) in [5.74, 6) is -0.597. The Balaban J connectivity index is 3.84. The highest BCUT2D eigenvalue weighted by molar-refractivity contribution is 5.80. The number of hydrogen-bond acceptors (Lipinski definition) is 5. The van der Waals surface area contributed by atoms with E-state index in [9.17, 15) is 25.2 Å². The van der Waals surface area contributed by atoms with Crippen LogP contribution >= 0.6 is 0 Å². The highest BCUT2D eigenvalue weighted by atomic mass is 16.3. The molecule has 0 saturated heterocycles. The van der Waals surface area contributed by atoms with Gasteiger partial charge in [0.05, 0.1) is 18.8 Å². The van der Waals surface area contributed by atoms with Gasteiger partial charge in [0.2, 0.25) is 5.91 Å². The minimum Gasteiger partial charge on any atom is -0.394 e. The summed E-state index contributed by atoms with van der Waals surface area (Å²) in [6.45, 7) is 4.02. The van der Waals surface area contributed by atoms with Crippen molar-refractivity contribution in [3.63, 3.8) is 0 Å². The molecule has 0 aliphatic rings. The van der Waals surface area contributed by atoms with E-state index in [-0.39, 0.29) is 0 Å². The largest absolute Gasteiger partial charge is 0.394 e. The molecule has 0 saturated carbocycles. The third kappa shape index (κ3) is 30.6. The van der Waals surface area contributed by atoms with Crippen molar-refractivity contribution in [3.05, 3.63) is 24.3 Å². The molecule has 0 aliphatic heterocycles. The summed E-state index contributed by atoms with van der Waals surface area (Å²) in [7, 11) is 0. The number of carbonyl (C=O) groups is 1. The SMILES string of the molecule is CCCCCCCCC/C=C/CC/C=C/CCCC(O)C(O)C(CO)NC(=O)C(O)CCCCCCCCCCCCCCCCC. The number of aliphatic hydroxyl groups is 4. The van der Waals surface area contributed by atoms with Crippen LogP contribution in [0, 0.1) is 0 Å². The normalized spacial score (nSPS) is 14.6. The lowest BCUT2D eigenvalue weighted by atomic mass is 10.00. The number of unbranched alkanes of at least 4 members (excludes halogenated alkanes) is 23. The van der Waals surface area contributed by atoms with Crippen molar-refractivity contribution < 1.29 is 25.2 Å². The van der Waals surface area contributed by atoms with Crippen molar-refractivity contribution in [2.45, 2.75) is 224 Å². The molecular weight excluding hydrogens is 586 g/mol. The van der Waals surface area contributed by atoms with E-state index < -0.39 is 36.9 Å². The van der Waals surface area contributed by atoms with Gasteiger partial charge in [0.15, 0.2) is 0 Å². The molecule has 0 heterocycles. The minimum atomic E-state index is -1.28. The maximum absolute atomic E-state index is 12.5. The fraction of sp³-hybridized carbons (Fsp3) is 0.878. The summed E-state index contributed by atoms with van der Waals surface area (Å²) in [5.41, 5.74) is 0. The van der Waals surface area contributed by atoms with Gasteiger partial charge in [0, 0.05) is 0 Å². The van der Waals surface area contributed by atoms with Crippen molar-refractivity contribution in [1.82, 2.24) is 5.32 Å². The van der Waals surface area contributed by atoms with Crippen LogP contribution < -0.4 is 5.32 Å². The molecule has 0 aliphatic carbocycles. The summed E-state index contributed by atoms with van der Waals surface area (Å²) in [6.07, 6.45) is 39.1. The van der Waals surface area contributed by atoms with Crippen molar-refractivity contribution >= 4 is 5.91 Å². The lowest BCUT2D eigenvalue weighted by Gasteiger charge is -2.27. The van der Waals surface area contributed by atoms with Crippen LogP contribution in [0.4, 0.5) is 0 Å². The first-order valence-corrected chi connectivity index (χ1v) is 20.2. The van der Waals surface area contributed by atoms with Crippen LogP contribution in [0.15, 0.2) is 24.3 Å². The molecule has 6 heteroatoms. The number of rotatable bonds is 36. The molecule has 0 aromatic rings.